The van der Waals surface area contributed by atoms with Crippen LogP contribution in [0.15, 0.2) is 41.6 Å². The van der Waals surface area contributed by atoms with E-state index in [4.69, 9.17) is 0 Å². The number of hydrogen-bond donors (Lipinski definition) is 2. The maximum absolute atomic E-state index is 13.2. The molecule has 1 aromatic rings. The van der Waals surface area contributed by atoms with Crippen molar-refractivity contribution in [1.82, 2.24) is 19.6 Å². The highest BCUT2D eigenvalue weighted by atomic mass is 32.2. The standard InChI is InChI=1S/C23H32N4O5S/c1-16-4-8-18(9-5-16)33(31,32)26-13-11-24-22(29)19(26)14-21(28)27(30)20-10-12-25(17-6-7-17)15-23(20,2)3/h4-5,8-9,11,13,17,19-20,30H,6-7,10,12,14-15H2,1-3H3,(H,24,29)/t19-,20+/m1/s1. The number of aryl methyl sites for hydroxylation is 1. The monoisotopic (exact) mass is 476 g/mol. The molecule has 2 aliphatic heterocycles. The van der Waals surface area contributed by atoms with Crippen molar-refractivity contribution in [1.29, 1.82) is 0 Å². The zero-order valence-corrected chi connectivity index (χ0v) is 20.1. The number of piperidine rings is 1. The molecule has 2 N–H and O–H groups in total. The minimum Gasteiger partial charge on any atom is -0.329 e. The largest absolute Gasteiger partial charge is 0.329 e. The lowest BCUT2D eigenvalue weighted by Gasteiger charge is -2.47. The highest BCUT2D eigenvalue weighted by molar-refractivity contribution is 7.89. The number of carbonyl (C=O) groups excluding carboxylic acids is 2. The summed E-state index contributed by atoms with van der Waals surface area (Å²) in [4.78, 5) is 28.1. The lowest BCUT2D eigenvalue weighted by atomic mass is 9.78. The van der Waals surface area contributed by atoms with Crippen LogP contribution in [0.5, 0.6) is 0 Å². The molecule has 10 heteroatoms. The average molecular weight is 477 g/mol. The number of sulfonamides is 1. The van der Waals surface area contributed by atoms with Gasteiger partial charge in [0, 0.05) is 36.9 Å². The fraction of sp³-hybridized carbons (Fsp3) is 0.565. The summed E-state index contributed by atoms with van der Waals surface area (Å²) in [5, 5.41) is 14.0. The molecule has 4 rings (SSSR count). The van der Waals surface area contributed by atoms with E-state index < -0.39 is 40.3 Å². The summed E-state index contributed by atoms with van der Waals surface area (Å²) in [5.74, 6) is -1.29. The minimum absolute atomic E-state index is 0.0272. The molecule has 1 saturated heterocycles. The predicted octanol–water partition coefficient (Wildman–Crippen LogP) is 1.83. The molecule has 180 valence electrons. The number of likely N-dealkylation sites (tertiary alicyclic amines) is 1. The molecule has 2 heterocycles. The molecule has 0 aromatic heterocycles. The van der Waals surface area contributed by atoms with Crippen LogP contribution in [0, 0.1) is 12.3 Å². The Hall–Kier alpha value is -2.43. The van der Waals surface area contributed by atoms with Crippen molar-refractivity contribution in [2.45, 2.75) is 69.5 Å². The Balaban J connectivity index is 1.51. The second kappa shape index (κ2) is 8.73. The van der Waals surface area contributed by atoms with E-state index in [9.17, 15) is 23.2 Å². The van der Waals surface area contributed by atoms with E-state index >= 15 is 0 Å². The third-order valence-corrected chi connectivity index (χ3v) is 8.64. The number of benzene rings is 1. The highest BCUT2D eigenvalue weighted by Crippen LogP contribution is 2.38. The number of hydroxylamine groups is 2. The zero-order chi connectivity index (χ0) is 24.0. The highest BCUT2D eigenvalue weighted by Gasteiger charge is 2.45. The molecule has 2 amide bonds. The van der Waals surface area contributed by atoms with Crippen LogP contribution in [0.4, 0.5) is 0 Å². The van der Waals surface area contributed by atoms with Crippen molar-refractivity contribution in [3.05, 3.63) is 42.2 Å². The van der Waals surface area contributed by atoms with Crippen LogP contribution < -0.4 is 5.32 Å². The second-order valence-electron chi connectivity index (χ2n) is 9.93. The zero-order valence-electron chi connectivity index (χ0n) is 19.3. The van der Waals surface area contributed by atoms with Gasteiger partial charge in [-0.05, 0) is 38.3 Å². The molecule has 2 atom stereocenters. The van der Waals surface area contributed by atoms with Crippen LogP contribution in [-0.4, -0.2) is 70.9 Å². The van der Waals surface area contributed by atoms with Gasteiger partial charge < -0.3 is 5.32 Å². The molecule has 0 bridgehead atoms. The summed E-state index contributed by atoms with van der Waals surface area (Å²) in [6, 6.07) is 5.18. The number of rotatable bonds is 6. The molecular weight excluding hydrogens is 444 g/mol. The van der Waals surface area contributed by atoms with Crippen LogP contribution in [0.2, 0.25) is 0 Å². The van der Waals surface area contributed by atoms with Crippen molar-refractivity contribution >= 4 is 21.8 Å². The lowest BCUT2D eigenvalue weighted by molar-refractivity contribution is -0.194. The van der Waals surface area contributed by atoms with Crippen LogP contribution >= 0.6 is 0 Å². The maximum atomic E-state index is 13.2. The van der Waals surface area contributed by atoms with Gasteiger partial charge in [-0.3, -0.25) is 24.0 Å². The Kier molecular flexibility index (Phi) is 6.28. The first-order chi connectivity index (χ1) is 15.5. The summed E-state index contributed by atoms with van der Waals surface area (Å²) in [6.45, 7) is 7.45. The predicted molar refractivity (Wildman–Crippen MR) is 121 cm³/mol. The Labute approximate surface area is 195 Å². The van der Waals surface area contributed by atoms with Crippen LogP contribution in [0.3, 0.4) is 0 Å². The topological polar surface area (TPSA) is 110 Å². The van der Waals surface area contributed by atoms with Gasteiger partial charge in [-0.1, -0.05) is 31.5 Å². The Morgan fingerprint density at radius 2 is 1.88 bits per heavy atom. The first-order valence-electron chi connectivity index (χ1n) is 11.3. The molecule has 3 aliphatic rings. The van der Waals surface area contributed by atoms with Crippen molar-refractivity contribution < 1.29 is 23.2 Å². The van der Waals surface area contributed by atoms with Gasteiger partial charge in [0.05, 0.1) is 17.4 Å². The van der Waals surface area contributed by atoms with Crippen molar-refractivity contribution in [3.63, 3.8) is 0 Å². The lowest BCUT2D eigenvalue weighted by Crippen LogP contribution is -2.58. The third-order valence-electron chi connectivity index (χ3n) is 6.84. The van der Waals surface area contributed by atoms with Crippen LogP contribution in [0.1, 0.15) is 45.1 Å². The second-order valence-corrected chi connectivity index (χ2v) is 11.8. The molecular formula is C23H32N4O5S. The molecule has 0 spiro atoms. The third kappa shape index (κ3) is 4.78. The van der Waals surface area contributed by atoms with E-state index in [1.54, 1.807) is 12.1 Å². The molecule has 2 fully saturated rings. The van der Waals surface area contributed by atoms with Gasteiger partial charge in [-0.15, -0.1) is 0 Å². The molecule has 0 unspecified atom stereocenters. The van der Waals surface area contributed by atoms with Crippen LogP contribution in [0.25, 0.3) is 0 Å². The van der Waals surface area contributed by atoms with Gasteiger partial charge in [0.2, 0.25) is 11.8 Å². The number of amides is 2. The Morgan fingerprint density at radius 1 is 1.21 bits per heavy atom. The average Bonchev–Trinajstić information content (AvgIpc) is 3.59. The van der Waals surface area contributed by atoms with Gasteiger partial charge in [0.1, 0.15) is 6.04 Å². The van der Waals surface area contributed by atoms with E-state index in [2.05, 4.69) is 10.2 Å². The minimum atomic E-state index is -4.06. The van der Waals surface area contributed by atoms with Crippen molar-refractivity contribution in [2.75, 3.05) is 13.1 Å². The summed E-state index contributed by atoms with van der Waals surface area (Å²) in [7, 11) is -4.06. The van der Waals surface area contributed by atoms with E-state index in [-0.39, 0.29) is 10.3 Å². The van der Waals surface area contributed by atoms with Gasteiger partial charge in [-0.25, -0.2) is 13.5 Å². The quantitative estimate of drug-likeness (QED) is 0.479. The molecule has 9 nitrogen and oxygen atoms in total. The number of carbonyl (C=O) groups is 2. The first kappa shape index (κ1) is 23.7. The summed E-state index contributed by atoms with van der Waals surface area (Å²) in [5.41, 5.74) is 0.562. The van der Waals surface area contributed by atoms with Gasteiger partial charge in [0.25, 0.3) is 10.0 Å². The van der Waals surface area contributed by atoms with Crippen molar-refractivity contribution in [2.24, 2.45) is 5.41 Å². The smallest absolute Gasteiger partial charge is 0.264 e. The first-order valence-corrected chi connectivity index (χ1v) is 12.8. The normalized spacial score (nSPS) is 25.6. The summed E-state index contributed by atoms with van der Waals surface area (Å²) >= 11 is 0. The van der Waals surface area contributed by atoms with E-state index in [1.165, 1.54) is 37.4 Å². The number of hydrogen-bond acceptors (Lipinski definition) is 6. The van der Waals surface area contributed by atoms with E-state index in [0.717, 1.165) is 28.0 Å². The molecule has 0 radical (unpaired) electrons. The van der Waals surface area contributed by atoms with Crippen LogP contribution in [-0.2, 0) is 19.6 Å². The van der Waals surface area contributed by atoms with E-state index in [0.29, 0.717) is 12.5 Å². The van der Waals surface area contributed by atoms with Gasteiger partial charge >= 0.3 is 0 Å². The maximum Gasteiger partial charge on any atom is 0.264 e. The molecule has 33 heavy (non-hydrogen) atoms. The van der Waals surface area contributed by atoms with E-state index in [1.807, 2.05) is 20.8 Å². The Bertz CT molecular complexity index is 1050. The fourth-order valence-electron chi connectivity index (χ4n) is 4.79. The summed E-state index contributed by atoms with van der Waals surface area (Å²) in [6.07, 6.45) is 5.03. The Morgan fingerprint density at radius 3 is 2.48 bits per heavy atom. The summed E-state index contributed by atoms with van der Waals surface area (Å²) < 4.78 is 27.3. The van der Waals surface area contributed by atoms with Gasteiger partial charge in [-0.2, -0.15) is 0 Å². The number of nitrogens with zero attached hydrogens (tertiary/aromatic N) is 3. The SMILES string of the molecule is Cc1ccc(S(=O)(=O)N2C=CNC(=O)[C@H]2CC(=O)N(O)[C@H]2CCN(C3CC3)CC2(C)C)cc1. The van der Waals surface area contributed by atoms with Crippen molar-refractivity contribution in [3.8, 4) is 0 Å². The molecule has 1 aliphatic carbocycles. The fourth-order valence-corrected chi connectivity index (χ4v) is 6.24. The van der Waals surface area contributed by atoms with Gasteiger partial charge in [0.15, 0.2) is 0 Å². The molecule has 1 saturated carbocycles. The molecule has 1 aromatic carbocycles. The number of nitrogens with one attached hydrogen (secondary N) is 1.